The zero-order chi connectivity index (χ0) is 41.7. The van der Waals surface area contributed by atoms with E-state index >= 15 is 0 Å². The highest BCUT2D eigenvalue weighted by Gasteiger charge is 2.70. The minimum Gasteiger partial charge on any atom is -0.446 e. The fourth-order valence-corrected chi connectivity index (χ4v) is 9.29. The molecular weight excluding hydrogens is 761 g/mol. The van der Waals surface area contributed by atoms with Crippen molar-refractivity contribution < 1.29 is 9.47 Å². The van der Waals surface area contributed by atoms with Crippen LogP contribution in [0.1, 0.15) is 36.1 Å². The maximum atomic E-state index is 7.44. The van der Waals surface area contributed by atoms with Gasteiger partial charge in [-0.1, -0.05) is 184 Å². The van der Waals surface area contributed by atoms with Gasteiger partial charge < -0.3 is 9.47 Å². The summed E-state index contributed by atoms with van der Waals surface area (Å²) in [7, 11) is 0. The van der Waals surface area contributed by atoms with Crippen LogP contribution in [-0.2, 0) is 11.2 Å². The largest absolute Gasteiger partial charge is 0.446 e. The Morgan fingerprint density at radius 2 is 0.645 bits per heavy atom. The van der Waals surface area contributed by atoms with Crippen LogP contribution < -0.4 is 9.47 Å². The molecular formula is C56H40N4O2. The van der Waals surface area contributed by atoms with Crippen molar-refractivity contribution in [2.45, 2.75) is 25.0 Å². The van der Waals surface area contributed by atoms with Crippen LogP contribution in [0.5, 0.6) is 11.5 Å². The Kier molecular flexibility index (Phi) is 8.94. The first-order valence-electron chi connectivity index (χ1n) is 21.1. The minimum atomic E-state index is -1.30. The number of rotatable bonds is 6. The van der Waals surface area contributed by atoms with Crippen LogP contribution in [0, 0.1) is 0 Å². The lowest BCUT2D eigenvalue weighted by atomic mass is 9.64. The van der Waals surface area contributed by atoms with Crippen LogP contribution in [-0.4, -0.2) is 19.9 Å². The fourth-order valence-electron chi connectivity index (χ4n) is 9.29. The van der Waals surface area contributed by atoms with Crippen molar-refractivity contribution in [3.05, 3.63) is 229 Å². The second-order valence-electron chi connectivity index (χ2n) is 15.3. The van der Waals surface area contributed by atoms with Crippen molar-refractivity contribution in [2.75, 3.05) is 0 Å². The molecule has 0 N–H and O–H groups in total. The first-order chi connectivity index (χ1) is 30.7. The molecule has 0 amide bonds. The molecule has 6 nitrogen and oxygen atoms in total. The minimum absolute atomic E-state index is 0.718. The van der Waals surface area contributed by atoms with E-state index in [1.54, 1.807) is 0 Å². The van der Waals surface area contributed by atoms with Crippen molar-refractivity contribution in [3.8, 4) is 56.5 Å². The lowest BCUT2D eigenvalue weighted by Gasteiger charge is -2.38. The van der Waals surface area contributed by atoms with Crippen molar-refractivity contribution in [3.63, 3.8) is 0 Å². The van der Waals surface area contributed by atoms with Gasteiger partial charge in [-0.15, -0.1) is 0 Å². The average molecular weight is 801 g/mol. The zero-order valence-corrected chi connectivity index (χ0v) is 34.2. The molecule has 2 aliphatic heterocycles. The van der Waals surface area contributed by atoms with Crippen molar-refractivity contribution in [2.24, 2.45) is 0 Å². The summed E-state index contributed by atoms with van der Waals surface area (Å²) in [5.41, 5.74) is 13.3. The van der Waals surface area contributed by atoms with Crippen LogP contribution in [0.15, 0.2) is 206 Å². The van der Waals surface area contributed by atoms with Crippen LogP contribution in [0.25, 0.3) is 67.1 Å². The van der Waals surface area contributed by atoms with E-state index in [4.69, 9.17) is 29.4 Å². The second-order valence-corrected chi connectivity index (χ2v) is 15.3. The molecule has 6 heteroatoms. The molecule has 12 rings (SSSR count). The molecule has 62 heavy (non-hydrogen) atoms. The highest BCUT2D eigenvalue weighted by atomic mass is 16.7. The van der Waals surface area contributed by atoms with E-state index in [0.29, 0.717) is 0 Å². The molecule has 0 unspecified atom stereocenters. The van der Waals surface area contributed by atoms with Gasteiger partial charge in [0.1, 0.15) is 16.9 Å². The van der Waals surface area contributed by atoms with E-state index in [9.17, 15) is 0 Å². The summed E-state index contributed by atoms with van der Waals surface area (Å²) in [5, 5.41) is 0. The smallest absolute Gasteiger partial charge is 0.296 e. The van der Waals surface area contributed by atoms with Crippen molar-refractivity contribution >= 4 is 22.1 Å². The summed E-state index contributed by atoms with van der Waals surface area (Å²) in [5.74, 6) is 0.137. The Balaban J connectivity index is 0.00000213. The summed E-state index contributed by atoms with van der Waals surface area (Å²) in [6.45, 7) is 4.00. The van der Waals surface area contributed by atoms with Gasteiger partial charge in [0, 0.05) is 38.9 Å². The first-order valence-corrected chi connectivity index (χ1v) is 21.1. The molecule has 0 fully saturated rings. The number of nitrogens with zero attached hydrogens (tertiary/aromatic N) is 4. The van der Waals surface area contributed by atoms with Gasteiger partial charge in [0.2, 0.25) is 0 Å². The van der Waals surface area contributed by atoms with E-state index < -0.39 is 11.2 Å². The number of hydrogen-bond acceptors (Lipinski definition) is 6. The van der Waals surface area contributed by atoms with Gasteiger partial charge in [-0.25, -0.2) is 19.9 Å². The molecule has 4 heterocycles. The van der Waals surface area contributed by atoms with E-state index in [2.05, 4.69) is 103 Å². The molecule has 0 spiro atoms. The number of hydrogen-bond donors (Lipinski definition) is 0. The quantitative estimate of drug-likeness (QED) is 0.167. The van der Waals surface area contributed by atoms with Crippen LogP contribution in [0.2, 0.25) is 0 Å². The van der Waals surface area contributed by atoms with Crippen LogP contribution in [0.4, 0.5) is 0 Å². The monoisotopic (exact) mass is 800 g/mol. The highest BCUT2D eigenvalue weighted by molar-refractivity contribution is 5.89. The number of fused-ring (bicyclic) bond motifs is 7. The third-order valence-corrected chi connectivity index (χ3v) is 11.9. The van der Waals surface area contributed by atoms with Gasteiger partial charge in [-0.3, -0.25) is 0 Å². The molecule has 0 saturated heterocycles. The summed E-state index contributed by atoms with van der Waals surface area (Å²) < 4.78 is 14.9. The molecule has 0 saturated carbocycles. The van der Waals surface area contributed by atoms with Crippen molar-refractivity contribution in [1.29, 1.82) is 0 Å². The molecule has 0 aliphatic carbocycles. The van der Waals surface area contributed by atoms with Crippen LogP contribution in [0.3, 0.4) is 0 Å². The summed E-state index contributed by atoms with van der Waals surface area (Å²) >= 11 is 0. The number of aromatic nitrogens is 4. The molecule has 0 atom stereocenters. The lowest BCUT2D eigenvalue weighted by Crippen LogP contribution is -2.50. The average Bonchev–Trinajstić information content (AvgIpc) is 3.81. The molecule has 0 radical (unpaired) electrons. The SMILES string of the molecule is CC.c1ccc(-c2nc3ccccc3nc2-c2ccc3c(c2)OC2(c4ccccc4)Oc4cc(-c5nc6ccccc6nc5-c5ccccc5)ccc4C32c2ccccc2)cc1. The molecule has 8 aromatic carbocycles. The second kappa shape index (κ2) is 14.9. The maximum Gasteiger partial charge on any atom is 0.296 e. The number of ether oxygens (including phenoxy) is 2. The van der Waals surface area contributed by atoms with Gasteiger partial charge in [0.25, 0.3) is 5.79 Å². The van der Waals surface area contributed by atoms with E-state index in [1.807, 2.05) is 117 Å². The molecule has 10 aromatic rings. The summed E-state index contributed by atoms with van der Waals surface area (Å²) in [4.78, 5) is 20.8. The topological polar surface area (TPSA) is 70.0 Å². The van der Waals surface area contributed by atoms with Gasteiger partial charge in [0.05, 0.1) is 44.8 Å². The highest BCUT2D eigenvalue weighted by Crippen LogP contribution is 2.67. The third-order valence-electron chi connectivity index (χ3n) is 11.9. The normalized spacial score (nSPS) is 16.9. The summed E-state index contributed by atoms with van der Waals surface area (Å²) in [6, 6.07) is 70.4. The Bertz CT molecular complexity index is 3090. The van der Waals surface area contributed by atoms with E-state index in [-0.39, 0.29) is 0 Å². The third kappa shape index (κ3) is 5.64. The molecule has 296 valence electrons. The fraction of sp³-hybridized carbons (Fsp3) is 0.0714. The number of benzene rings is 8. The maximum absolute atomic E-state index is 7.44. The van der Waals surface area contributed by atoms with Crippen LogP contribution >= 0.6 is 0 Å². The Morgan fingerprint density at radius 3 is 1.03 bits per heavy atom. The Hall–Kier alpha value is -7.96. The first kappa shape index (κ1) is 37.1. The van der Waals surface area contributed by atoms with E-state index in [0.717, 1.165) is 101 Å². The predicted molar refractivity (Wildman–Crippen MR) is 248 cm³/mol. The Labute approximate surface area is 360 Å². The van der Waals surface area contributed by atoms with Gasteiger partial charge in [-0.2, -0.15) is 0 Å². The van der Waals surface area contributed by atoms with Gasteiger partial charge in [-0.05, 0) is 42.0 Å². The lowest BCUT2D eigenvalue weighted by molar-refractivity contribution is -0.119. The predicted octanol–water partition coefficient (Wildman–Crippen LogP) is 13.2. The Morgan fingerprint density at radius 1 is 0.323 bits per heavy atom. The van der Waals surface area contributed by atoms with Gasteiger partial charge in [0.15, 0.2) is 0 Å². The van der Waals surface area contributed by atoms with E-state index in [1.165, 1.54) is 0 Å². The summed E-state index contributed by atoms with van der Waals surface area (Å²) in [6.07, 6.45) is 0. The zero-order valence-electron chi connectivity index (χ0n) is 34.2. The molecule has 2 aromatic heterocycles. The molecule has 2 aliphatic rings. The van der Waals surface area contributed by atoms with Gasteiger partial charge >= 0.3 is 0 Å². The standard InChI is InChI=1S/C54H34N4O2.C2H6/c1-5-17-35(18-6-1)49-51(57-45-27-15-13-25-43(45)55-49)37-29-31-41-47(33-37)59-54(40-23-11-4-12-24-40)53(41,39-21-9-3-10-22-39)42-32-30-38(34-48(42)60-54)52-50(36-19-7-2-8-20-36)56-44-26-14-16-28-46(44)58-52;1-2/h1-34H;1-2H3. The van der Waals surface area contributed by atoms with Crippen molar-refractivity contribution in [1.82, 2.24) is 19.9 Å². The molecule has 0 bridgehead atoms. The number of para-hydroxylation sites is 4.